The summed E-state index contributed by atoms with van der Waals surface area (Å²) in [6, 6.07) is 17.7. The quantitative estimate of drug-likeness (QED) is 0.344. The maximum atomic E-state index is 12.9. The fourth-order valence-corrected chi connectivity index (χ4v) is 5.23. The lowest BCUT2D eigenvalue weighted by molar-refractivity contribution is 0.139. The van der Waals surface area contributed by atoms with Gasteiger partial charge in [0.15, 0.2) is 0 Å². The van der Waals surface area contributed by atoms with Crippen LogP contribution in [0.2, 0.25) is 0 Å². The molecular weight excluding hydrogens is 456 g/mol. The first-order valence-electron chi connectivity index (χ1n) is 12.0. The molecule has 4 heterocycles. The van der Waals surface area contributed by atoms with E-state index in [1.54, 1.807) is 36.5 Å². The molecule has 180 valence electrons. The molecular formula is C29H24N2O5. The Morgan fingerprint density at radius 3 is 2.72 bits per heavy atom. The fourth-order valence-electron chi connectivity index (χ4n) is 5.23. The van der Waals surface area contributed by atoms with Gasteiger partial charge in [0, 0.05) is 47.4 Å². The molecule has 0 amide bonds. The number of nitrogens with zero attached hydrogens (tertiary/aromatic N) is 2. The summed E-state index contributed by atoms with van der Waals surface area (Å²) in [5.41, 5.74) is 1.95. The van der Waals surface area contributed by atoms with Crippen LogP contribution >= 0.6 is 0 Å². The van der Waals surface area contributed by atoms with Gasteiger partial charge in [-0.1, -0.05) is 30.7 Å². The van der Waals surface area contributed by atoms with Crippen molar-refractivity contribution in [3.8, 4) is 16.9 Å². The molecule has 1 fully saturated rings. The van der Waals surface area contributed by atoms with Crippen molar-refractivity contribution < 1.29 is 13.9 Å². The van der Waals surface area contributed by atoms with Crippen LogP contribution in [-0.4, -0.2) is 21.5 Å². The molecule has 1 aliphatic heterocycles. The van der Waals surface area contributed by atoms with Crippen LogP contribution in [0.4, 0.5) is 0 Å². The zero-order valence-corrected chi connectivity index (χ0v) is 19.5. The Morgan fingerprint density at radius 2 is 1.86 bits per heavy atom. The predicted molar refractivity (Wildman–Crippen MR) is 137 cm³/mol. The van der Waals surface area contributed by atoms with E-state index < -0.39 is 11.3 Å². The van der Waals surface area contributed by atoms with Crippen LogP contribution in [0.25, 0.3) is 33.1 Å². The van der Waals surface area contributed by atoms with Crippen LogP contribution in [0.15, 0.2) is 91.5 Å². The molecule has 0 unspecified atom stereocenters. The van der Waals surface area contributed by atoms with Crippen LogP contribution in [0.1, 0.15) is 36.4 Å². The molecule has 3 aromatic heterocycles. The monoisotopic (exact) mass is 480 g/mol. The van der Waals surface area contributed by atoms with Crippen molar-refractivity contribution in [3.05, 3.63) is 105 Å². The summed E-state index contributed by atoms with van der Waals surface area (Å²) in [4.78, 5) is 32.2. The largest absolute Gasteiger partial charge is 0.507 e. The summed E-state index contributed by atoms with van der Waals surface area (Å²) in [5.74, 6) is 0.0452. The number of para-hydroxylation sites is 1. The molecule has 1 N–H and O–H groups in total. The molecule has 7 nitrogen and oxygen atoms in total. The van der Waals surface area contributed by atoms with E-state index in [9.17, 15) is 14.7 Å². The number of likely N-dealkylation sites (tertiary alicyclic amines) is 1. The molecule has 0 spiro atoms. The standard InChI is InChI=1S/C29H24N2O5/c32-25-11-10-20-21(22-14-18-6-1-2-9-26(18)35-29(22)34)15-27(33)36-28(20)23(25)17-31-13-4-3-8-24(31)19-7-5-12-30-16-19/h1-2,5-7,9-12,14-16,24,32H,3-4,8,13,17H2/t24-/m0/s1. The number of aromatic hydroxyl groups is 1. The first-order chi connectivity index (χ1) is 17.6. The molecule has 1 aliphatic rings. The van der Waals surface area contributed by atoms with Gasteiger partial charge in [-0.15, -0.1) is 0 Å². The van der Waals surface area contributed by atoms with Gasteiger partial charge in [-0.2, -0.15) is 0 Å². The number of phenolic OH excluding ortho intramolecular Hbond substituents is 1. The van der Waals surface area contributed by atoms with E-state index in [-0.39, 0.29) is 22.9 Å². The third-order valence-corrected chi connectivity index (χ3v) is 6.97. The molecule has 1 saturated heterocycles. The van der Waals surface area contributed by atoms with Gasteiger partial charge >= 0.3 is 11.3 Å². The van der Waals surface area contributed by atoms with Crippen molar-refractivity contribution in [2.75, 3.05) is 6.54 Å². The van der Waals surface area contributed by atoms with E-state index >= 15 is 0 Å². The first-order valence-corrected chi connectivity index (χ1v) is 12.0. The third kappa shape index (κ3) is 3.97. The number of piperidine rings is 1. The van der Waals surface area contributed by atoms with Gasteiger partial charge < -0.3 is 13.9 Å². The van der Waals surface area contributed by atoms with Gasteiger partial charge in [-0.3, -0.25) is 9.88 Å². The van der Waals surface area contributed by atoms with E-state index in [1.165, 1.54) is 6.07 Å². The molecule has 1 atom stereocenters. The van der Waals surface area contributed by atoms with Gasteiger partial charge in [0.25, 0.3) is 0 Å². The van der Waals surface area contributed by atoms with Crippen LogP contribution < -0.4 is 11.3 Å². The molecule has 0 saturated carbocycles. The number of aromatic nitrogens is 1. The Hall–Kier alpha value is -4.23. The summed E-state index contributed by atoms with van der Waals surface area (Å²) in [6.45, 7) is 1.23. The Kier molecular flexibility index (Phi) is 5.62. The van der Waals surface area contributed by atoms with Crippen LogP contribution in [0.5, 0.6) is 5.75 Å². The van der Waals surface area contributed by atoms with Crippen LogP contribution in [0.3, 0.4) is 0 Å². The maximum absolute atomic E-state index is 12.9. The second-order valence-corrected chi connectivity index (χ2v) is 9.17. The Balaban J connectivity index is 1.49. The number of fused-ring (bicyclic) bond motifs is 2. The highest BCUT2D eigenvalue weighted by Gasteiger charge is 2.27. The second-order valence-electron chi connectivity index (χ2n) is 9.17. The van der Waals surface area contributed by atoms with Gasteiger partial charge in [0.05, 0.1) is 11.1 Å². The Bertz CT molecular complexity index is 1690. The number of hydrogen-bond donors (Lipinski definition) is 1. The topological polar surface area (TPSA) is 96.8 Å². The number of pyridine rings is 1. The maximum Gasteiger partial charge on any atom is 0.344 e. The van der Waals surface area contributed by atoms with Gasteiger partial charge in [0.2, 0.25) is 0 Å². The summed E-state index contributed by atoms with van der Waals surface area (Å²) in [7, 11) is 0. The first kappa shape index (κ1) is 22.2. The van der Waals surface area contributed by atoms with E-state index in [0.29, 0.717) is 28.6 Å². The minimum absolute atomic E-state index is 0.0452. The van der Waals surface area contributed by atoms with Crippen molar-refractivity contribution >= 4 is 21.9 Å². The summed E-state index contributed by atoms with van der Waals surface area (Å²) in [5, 5.41) is 12.2. The van der Waals surface area contributed by atoms with Crippen molar-refractivity contribution in [1.82, 2.24) is 9.88 Å². The third-order valence-electron chi connectivity index (χ3n) is 6.97. The van der Waals surface area contributed by atoms with E-state index in [1.807, 2.05) is 24.4 Å². The van der Waals surface area contributed by atoms with E-state index in [4.69, 9.17) is 8.83 Å². The highest BCUT2D eigenvalue weighted by molar-refractivity contribution is 5.97. The summed E-state index contributed by atoms with van der Waals surface area (Å²) >= 11 is 0. The SMILES string of the molecule is O=c1cc(-c2cc3ccccc3oc2=O)c2ccc(O)c(CN3CCCC[C@H]3c3cccnc3)c2o1. The lowest BCUT2D eigenvalue weighted by atomic mass is 9.95. The minimum atomic E-state index is -0.598. The Morgan fingerprint density at radius 1 is 0.972 bits per heavy atom. The van der Waals surface area contributed by atoms with Crippen molar-refractivity contribution in [2.45, 2.75) is 31.8 Å². The van der Waals surface area contributed by atoms with Crippen LogP contribution in [0, 0.1) is 0 Å². The fraction of sp³-hybridized carbons (Fsp3) is 0.207. The molecule has 0 bridgehead atoms. The zero-order valence-electron chi connectivity index (χ0n) is 19.5. The van der Waals surface area contributed by atoms with E-state index in [0.717, 1.165) is 36.8 Å². The normalized spacial score (nSPS) is 16.5. The average molecular weight is 481 g/mol. The highest BCUT2D eigenvalue weighted by Crippen LogP contribution is 2.37. The smallest absolute Gasteiger partial charge is 0.344 e. The molecule has 0 aliphatic carbocycles. The van der Waals surface area contributed by atoms with Gasteiger partial charge in [0.1, 0.15) is 16.9 Å². The summed E-state index contributed by atoms with van der Waals surface area (Å²) in [6.07, 6.45) is 6.75. The predicted octanol–water partition coefficient (Wildman–Crippen LogP) is 5.39. The van der Waals surface area contributed by atoms with E-state index in [2.05, 4.69) is 16.0 Å². The highest BCUT2D eigenvalue weighted by atomic mass is 16.4. The lowest BCUT2D eigenvalue weighted by Crippen LogP contribution is -2.33. The molecule has 6 rings (SSSR count). The van der Waals surface area contributed by atoms with Gasteiger partial charge in [-0.25, -0.2) is 9.59 Å². The number of phenols is 1. The number of rotatable bonds is 4. The summed E-state index contributed by atoms with van der Waals surface area (Å²) < 4.78 is 11.2. The number of hydrogen-bond acceptors (Lipinski definition) is 7. The van der Waals surface area contributed by atoms with Gasteiger partial charge in [-0.05, 0) is 55.3 Å². The molecule has 7 heteroatoms. The number of benzene rings is 2. The minimum Gasteiger partial charge on any atom is -0.507 e. The van der Waals surface area contributed by atoms with Crippen molar-refractivity contribution in [2.24, 2.45) is 0 Å². The zero-order chi connectivity index (χ0) is 24.6. The molecule has 36 heavy (non-hydrogen) atoms. The molecule has 0 radical (unpaired) electrons. The van der Waals surface area contributed by atoms with Crippen molar-refractivity contribution in [3.63, 3.8) is 0 Å². The molecule has 5 aromatic rings. The Labute approximate surface area is 206 Å². The average Bonchev–Trinajstić information content (AvgIpc) is 2.90. The van der Waals surface area contributed by atoms with Crippen molar-refractivity contribution in [1.29, 1.82) is 0 Å². The van der Waals surface area contributed by atoms with Crippen LogP contribution in [-0.2, 0) is 6.54 Å². The second kappa shape index (κ2) is 9.09. The molecule has 2 aromatic carbocycles. The lowest BCUT2D eigenvalue weighted by Gasteiger charge is -2.36.